The predicted octanol–water partition coefficient (Wildman–Crippen LogP) is 4.56. The number of benzene rings is 2. The molecule has 0 saturated carbocycles. The number of nitrogens with one attached hydrogen (secondary N) is 1. The second kappa shape index (κ2) is 10.1. The molecule has 0 aliphatic carbocycles. The second-order valence-electron chi connectivity index (χ2n) is 8.62. The van der Waals surface area contributed by atoms with E-state index in [2.05, 4.69) is 27.3 Å². The van der Waals surface area contributed by atoms with E-state index < -0.39 is 0 Å². The van der Waals surface area contributed by atoms with Crippen LogP contribution in [0.25, 0.3) is 20.7 Å². The topological polar surface area (TPSA) is 67.2 Å². The summed E-state index contributed by atoms with van der Waals surface area (Å²) in [6.45, 7) is 2.68. The molecule has 1 aliphatic heterocycles. The Balaban J connectivity index is 1.18. The first-order valence-electron chi connectivity index (χ1n) is 11.4. The Bertz CT molecular complexity index is 1340. The van der Waals surface area contributed by atoms with Crippen molar-refractivity contribution in [2.24, 2.45) is 0 Å². The van der Waals surface area contributed by atoms with Gasteiger partial charge in [-0.3, -0.25) is 19.1 Å². The van der Waals surface area contributed by atoms with Gasteiger partial charge in [0.1, 0.15) is 11.4 Å². The highest BCUT2D eigenvalue weighted by Gasteiger charge is 2.21. The van der Waals surface area contributed by atoms with Crippen molar-refractivity contribution in [1.29, 1.82) is 0 Å². The lowest BCUT2D eigenvalue weighted by Crippen LogP contribution is -2.45. The quantitative estimate of drug-likeness (QED) is 0.428. The molecule has 0 atom stereocenters. The Kier molecular flexibility index (Phi) is 6.76. The second-order valence-corrected chi connectivity index (χ2v) is 10.1. The van der Waals surface area contributed by atoms with Gasteiger partial charge in [0.25, 0.3) is 5.56 Å². The maximum atomic E-state index is 13.0. The van der Waals surface area contributed by atoms with Gasteiger partial charge >= 0.3 is 0 Å². The molecule has 0 bridgehead atoms. The molecule has 1 saturated heterocycles. The summed E-state index contributed by atoms with van der Waals surface area (Å²) < 4.78 is 1.40. The van der Waals surface area contributed by atoms with Crippen LogP contribution in [0.2, 0.25) is 5.02 Å². The van der Waals surface area contributed by atoms with Crippen LogP contribution in [0.3, 0.4) is 0 Å². The van der Waals surface area contributed by atoms with E-state index in [9.17, 15) is 9.59 Å². The standard InChI is InChI=1S/C26H25ClN4O2S/c27-20-8-6-18(7-9-20)15-30-12-10-21(11-13-30)29-24(32)16-31-17-28-25-22(26(31)33)14-23(34-25)19-4-2-1-3-5-19/h1-9,14,17,21H,10-13,15-16H2,(H,29,32). The summed E-state index contributed by atoms with van der Waals surface area (Å²) in [6, 6.07) is 19.8. The lowest BCUT2D eigenvalue weighted by Gasteiger charge is -2.32. The molecule has 5 rings (SSSR count). The highest BCUT2D eigenvalue weighted by Crippen LogP contribution is 2.30. The van der Waals surface area contributed by atoms with E-state index in [1.165, 1.54) is 27.8 Å². The van der Waals surface area contributed by atoms with Crippen molar-refractivity contribution < 1.29 is 4.79 Å². The third-order valence-electron chi connectivity index (χ3n) is 6.16. The number of carbonyl (C=O) groups excluding carboxylic acids is 1. The van der Waals surface area contributed by atoms with Crippen LogP contribution in [0.15, 0.2) is 71.8 Å². The molecule has 1 N–H and O–H groups in total. The summed E-state index contributed by atoms with van der Waals surface area (Å²) in [5.41, 5.74) is 2.10. The molecule has 1 aliphatic rings. The Morgan fingerprint density at radius 3 is 2.56 bits per heavy atom. The molecule has 1 amide bonds. The molecule has 34 heavy (non-hydrogen) atoms. The zero-order valence-corrected chi connectivity index (χ0v) is 20.2. The summed E-state index contributed by atoms with van der Waals surface area (Å²) in [6.07, 6.45) is 3.25. The minimum Gasteiger partial charge on any atom is -0.352 e. The molecule has 2 aromatic heterocycles. The Morgan fingerprint density at radius 1 is 1.09 bits per heavy atom. The number of thiophene rings is 1. The number of nitrogens with zero attached hydrogens (tertiary/aromatic N) is 3. The van der Waals surface area contributed by atoms with Crippen LogP contribution < -0.4 is 10.9 Å². The number of amides is 1. The first-order valence-corrected chi connectivity index (χ1v) is 12.6. The molecule has 1 fully saturated rings. The third-order valence-corrected chi connectivity index (χ3v) is 7.51. The van der Waals surface area contributed by atoms with E-state index in [0.717, 1.165) is 47.9 Å². The number of likely N-dealkylation sites (tertiary alicyclic amines) is 1. The largest absolute Gasteiger partial charge is 0.352 e. The fraction of sp³-hybridized carbons (Fsp3) is 0.269. The third kappa shape index (κ3) is 5.22. The van der Waals surface area contributed by atoms with Crippen LogP contribution in [-0.4, -0.2) is 39.5 Å². The van der Waals surface area contributed by atoms with Crippen molar-refractivity contribution in [3.63, 3.8) is 0 Å². The van der Waals surface area contributed by atoms with E-state index in [1.807, 2.05) is 48.5 Å². The molecular weight excluding hydrogens is 468 g/mol. The average molecular weight is 493 g/mol. The molecule has 8 heteroatoms. The maximum absolute atomic E-state index is 13.0. The van der Waals surface area contributed by atoms with Crippen molar-refractivity contribution in [3.8, 4) is 10.4 Å². The van der Waals surface area contributed by atoms with Gasteiger partial charge in [0.15, 0.2) is 0 Å². The molecule has 0 spiro atoms. The molecular formula is C26H25ClN4O2S. The van der Waals surface area contributed by atoms with Crippen molar-refractivity contribution >= 4 is 39.1 Å². The van der Waals surface area contributed by atoms with Crippen LogP contribution in [0.1, 0.15) is 18.4 Å². The van der Waals surface area contributed by atoms with Gasteiger partial charge in [-0.15, -0.1) is 11.3 Å². The zero-order valence-electron chi connectivity index (χ0n) is 18.6. The molecule has 0 radical (unpaired) electrons. The Labute approximate surface area is 206 Å². The van der Waals surface area contributed by atoms with E-state index in [4.69, 9.17) is 11.6 Å². The van der Waals surface area contributed by atoms with Gasteiger partial charge in [0.2, 0.25) is 5.91 Å². The zero-order chi connectivity index (χ0) is 23.5. The van der Waals surface area contributed by atoms with E-state index in [1.54, 1.807) is 0 Å². The summed E-state index contributed by atoms with van der Waals surface area (Å²) in [5, 5.41) is 4.39. The number of aromatic nitrogens is 2. The number of carbonyl (C=O) groups is 1. The van der Waals surface area contributed by atoms with Crippen molar-refractivity contribution in [2.45, 2.75) is 32.0 Å². The lowest BCUT2D eigenvalue weighted by atomic mass is 10.0. The lowest BCUT2D eigenvalue weighted by molar-refractivity contribution is -0.122. The van der Waals surface area contributed by atoms with Crippen LogP contribution in [0.5, 0.6) is 0 Å². The molecule has 6 nitrogen and oxygen atoms in total. The summed E-state index contributed by atoms with van der Waals surface area (Å²) in [7, 11) is 0. The minimum absolute atomic E-state index is 0.0245. The molecule has 174 valence electrons. The van der Waals surface area contributed by atoms with E-state index in [-0.39, 0.29) is 24.1 Å². The smallest absolute Gasteiger partial charge is 0.262 e. The highest BCUT2D eigenvalue weighted by molar-refractivity contribution is 7.21. The molecule has 0 unspecified atom stereocenters. The van der Waals surface area contributed by atoms with Crippen molar-refractivity contribution in [3.05, 3.63) is 87.9 Å². The normalized spacial score (nSPS) is 15.0. The van der Waals surface area contributed by atoms with Crippen LogP contribution in [0.4, 0.5) is 0 Å². The molecule has 3 heterocycles. The number of fused-ring (bicyclic) bond motifs is 1. The number of piperidine rings is 1. The van der Waals surface area contributed by atoms with Crippen molar-refractivity contribution in [1.82, 2.24) is 19.8 Å². The average Bonchev–Trinajstić information content (AvgIpc) is 3.30. The van der Waals surface area contributed by atoms with Gasteiger partial charge in [-0.1, -0.05) is 54.1 Å². The summed E-state index contributed by atoms with van der Waals surface area (Å²) in [5.74, 6) is -0.155. The number of rotatable bonds is 6. The minimum atomic E-state index is -0.184. The van der Waals surface area contributed by atoms with Crippen LogP contribution >= 0.6 is 22.9 Å². The monoisotopic (exact) mass is 492 g/mol. The maximum Gasteiger partial charge on any atom is 0.262 e. The van der Waals surface area contributed by atoms with Crippen molar-refractivity contribution in [2.75, 3.05) is 13.1 Å². The van der Waals surface area contributed by atoms with Crippen LogP contribution in [0, 0.1) is 0 Å². The fourth-order valence-electron chi connectivity index (χ4n) is 4.33. The van der Waals surface area contributed by atoms with Gasteiger partial charge in [-0.25, -0.2) is 4.98 Å². The van der Waals surface area contributed by atoms with E-state index >= 15 is 0 Å². The Hall–Kier alpha value is -3.00. The first-order chi connectivity index (χ1) is 16.5. The molecule has 2 aromatic carbocycles. The van der Waals surface area contributed by atoms with Gasteiger partial charge in [-0.2, -0.15) is 0 Å². The first kappa shape index (κ1) is 22.8. The van der Waals surface area contributed by atoms with Gasteiger partial charge in [0, 0.05) is 35.6 Å². The molecule has 4 aromatic rings. The van der Waals surface area contributed by atoms with Crippen LogP contribution in [-0.2, 0) is 17.9 Å². The Morgan fingerprint density at radius 2 is 1.82 bits per heavy atom. The number of halogens is 1. The number of hydrogen-bond acceptors (Lipinski definition) is 5. The van der Waals surface area contributed by atoms with E-state index in [0.29, 0.717) is 10.2 Å². The van der Waals surface area contributed by atoms with Gasteiger partial charge < -0.3 is 5.32 Å². The predicted molar refractivity (Wildman–Crippen MR) is 137 cm³/mol. The summed E-state index contributed by atoms with van der Waals surface area (Å²) in [4.78, 5) is 34.1. The SMILES string of the molecule is O=C(Cn1cnc2sc(-c3ccccc3)cc2c1=O)NC1CCN(Cc2ccc(Cl)cc2)CC1. The van der Waals surface area contributed by atoms with Gasteiger partial charge in [-0.05, 0) is 42.2 Å². The summed E-state index contributed by atoms with van der Waals surface area (Å²) >= 11 is 7.45. The fourth-order valence-corrected chi connectivity index (χ4v) is 5.45. The highest BCUT2D eigenvalue weighted by atomic mass is 35.5. The van der Waals surface area contributed by atoms with Gasteiger partial charge in [0.05, 0.1) is 11.7 Å². The number of hydrogen-bond donors (Lipinski definition) is 1.